The standard InChI is InChI=1S/C13H21N3O2S/c1-10(2)9-18-6-4-14-8-11-12(17-3)15-13-16(11)5-7-19-13/h5,7,10,14H,4,6,8-9H2,1-3H3. The molecule has 0 aliphatic heterocycles. The number of aromatic nitrogens is 2. The predicted octanol–water partition coefficient (Wildman–Crippen LogP) is 2.17. The first-order chi connectivity index (χ1) is 9.22. The highest BCUT2D eigenvalue weighted by Gasteiger charge is 2.12. The molecule has 2 aromatic rings. The van der Waals surface area contributed by atoms with Gasteiger partial charge < -0.3 is 14.8 Å². The van der Waals surface area contributed by atoms with Gasteiger partial charge in [0.15, 0.2) is 4.96 Å². The number of rotatable bonds is 8. The molecule has 0 fully saturated rings. The topological polar surface area (TPSA) is 47.8 Å². The molecule has 6 heteroatoms. The average molecular weight is 283 g/mol. The molecule has 0 saturated heterocycles. The number of imidazole rings is 1. The fourth-order valence-electron chi connectivity index (χ4n) is 1.81. The number of nitrogens with zero attached hydrogens (tertiary/aromatic N) is 2. The molecule has 2 rings (SSSR count). The van der Waals surface area contributed by atoms with Gasteiger partial charge in [0.05, 0.1) is 13.7 Å². The lowest BCUT2D eigenvalue weighted by Crippen LogP contribution is -2.21. The second-order valence-corrected chi connectivity index (χ2v) is 5.64. The lowest BCUT2D eigenvalue weighted by molar-refractivity contribution is 0.111. The summed E-state index contributed by atoms with van der Waals surface area (Å²) < 4.78 is 12.9. The van der Waals surface area contributed by atoms with Crippen molar-refractivity contribution < 1.29 is 9.47 Å². The minimum atomic E-state index is 0.584. The second-order valence-electron chi connectivity index (χ2n) is 4.77. The molecule has 0 spiro atoms. The number of fused-ring (bicyclic) bond motifs is 1. The lowest BCUT2D eigenvalue weighted by Gasteiger charge is -2.08. The molecule has 19 heavy (non-hydrogen) atoms. The van der Waals surface area contributed by atoms with Gasteiger partial charge in [0.25, 0.3) is 0 Å². The number of nitrogens with one attached hydrogen (secondary N) is 1. The van der Waals surface area contributed by atoms with Crippen molar-refractivity contribution >= 4 is 16.3 Å². The van der Waals surface area contributed by atoms with Crippen LogP contribution in [0.25, 0.3) is 4.96 Å². The van der Waals surface area contributed by atoms with E-state index in [1.165, 1.54) is 0 Å². The van der Waals surface area contributed by atoms with Crippen molar-refractivity contribution in [3.05, 3.63) is 17.3 Å². The number of hydrogen-bond donors (Lipinski definition) is 1. The summed E-state index contributed by atoms with van der Waals surface area (Å²) in [5, 5.41) is 5.38. The van der Waals surface area contributed by atoms with Gasteiger partial charge >= 0.3 is 0 Å². The van der Waals surface area contributed by atoms with E-state index in [1.807, 2.05) is 11.6 Å². The maximum absolute atomic E-state index is 5.53. The van der Waals surface area contributed by atoms with Gasteiger partial charge in [-0.25, -0.2) is 0 Å². The highest BCUT2D eigenvalue weighted by Crippen LogP contribution is 2.22. The van der Waals surface area contributed by atoms with Gasteiger partial charge in [0, 0.05) is 31.3 Å². The maximum atomic E-state index is 5.53. The monoisotopic (exact) mass is 283 g/mol. The number of hydrogen-bond acceptors (Lipinski definition) is 5. The zero-order valence-electron chi connectivity index (χ0n) is 11.7. The van der Waals surface area contributed by atoms with Gasteiger partial charge in [-0.2, -0.15) is 4.98 Å². The van der Waals surface area contributed by atoms with Crippen LogP contribution in [0, 0.1) is 5.92 Å². The van der Waals surface area contributed by atoms with Crippen LogP contribution in [0.1, 0.15) is 19.5 Å². The van der Waals surface area contributed by atoms with Gasteiger partial charge in [0.2, 0.25) is 5.88 Å². The Kier molecular flexibility index (Phi) is 5.18. The summed E-state index contributed by atoms with van der Waals surface area (Å²) in [5.74, 6) is 1.28. The van der Waals surface area contributed by atoms with E-state index in [2.05, 4.69) is 28.5 Å². The Morgan fingerprint density at radius 2 is 2.32 bits per heavy atom. The molecule has 0 bridgehead atoms. The van der Waals surface area contributed by atoms with E-state index in [0.717, 1.165) is 37.0 Å². The third-order valence-corrected chi connectivity index (χ3v) is 3.44. The zero-order chi connectivity index (χ0) is 13.7. The van der Waals surface area contributed by atoms with E-state index in [-0.39, 0.29) is 0 Å². The number of methoxy groups -OCH3 is 1. The summed E-state index contributed by atoms with van der Waals surface area (Å²) >= 11 is 1.61. The molecule has 0 amide bonds. The van der Waals surface area contributed by atoms with Crippen molar-refractivity contribution in [2.45, 2.75) is 20.4 Å². The minimum Gasteiger partial charge on any atom is -0.480 e. The Morgan fingerprint density at radius 1 is 1.47 bits per heavy atom. The normalized spacial score (nSPS) is 11.6. The molecular weight excluding hydrogens is 262 g/mol. The van der Waals surface area contributed by atoms with Crippen LogP contribution >= 0.6 is 11.3 Å². The number of ether oxygens (including phenoxy) is 2. The Bertz CT molecular complexity index is 507. The first-order valence-electron chi connectivity index (χ1n) is 6.49. The fraction of sp³-hybridized carbons (Fsp3) is 0.615. The van der Waals surface area contributed by atoms with Crippen LogP contribution < -0.4 is 10.1 Å². The first kappa shape index (κ1) is 14.3. The smallest absolute Gasteiger partial charge is 0.237 e. The average Bonchev–Trinajstić information content (AvgIpc) is 2.94. The third kappa shape index (κ3) is 3.68. The van der Waals surface area contributed by atoms with Crippen LogP contribution in [0.5, 0.6) is 5.88 Å². The van der Waals surface area contributed by atoms with E-state index >= 15 is 0 Å². The van der Waals surface area contributed by atoms with Crippen LogP contribution in [0.15, 0.2) is 11.6 Å². The lowest BCUT2D eigenvalue weighted by atomic mass is 10.2. The van der Waals surface area contributed by atoms with Gasteiger partial charge in [0.1, 0.15) is 5.69 Å². The molecule has 2 heterocycles. The molecule has 0 aromatic carbocycles. The maximum Gasteiger partial charge on any atom is 0.237 e. The van der Waals surface area contributed by atoms with Crippen molar-refractivity contribution in [1.82, 2.24) is 14.7 Å². The molecule has 2 aromatic heterocycles. The van der Waals surface area contributed by atoms with Crippen LogP contribution in [0.4, 0.5) is 0 Å². The van der Waals surface area contributed by atoms with Gasteiger partial charge in [-0.1, -0.05) is 13.8 Å². The Labute approximate surface area is 117 Å². The molecule has 1 N–H and O–H groups in total. The largest absolute Gasteiger partial charge is 0.480 e. The molecular formula is C13H21N3O2S. The highest BCUT2D eigenvalue weighted by molar-refractivity contribution is 7.15. The zero-order valence-corrected chi connectivity index (χ0v) is 12.5. The summed E-state index contributed by atoms with van der Waals surface area (Å²) in [4.78, 5) is 5.38. The molecule has 0 saturated carbocycles. The minimum absolute atomic E-state index is 0.584. The Hall–Kier alpha value is -1.11. The molecule has 0 aliphatic rings. The molecule has 0 unspecified atom stereocenters. The summed E-state index contributed by atoms with van der Waals surface area (Å²) in [5.41, 5.74) is 1.06. The highest BCUT2D eigenvalue weighted by atomic mass is 32.1. The number of thiazole rings is 1. The molecule has 5 nitrogen and oxygen atoms in total. The quantitative estimate of drug-likeness (QED) is 0.754. The van der Waals surface area contributed by atoms with Gasteiger partial charge in [-0.3, -0.25) is 4.40 Å². The van der Waals surface area contributed by atoms with E-state index < -0.39 is 0 Å². The summed E-state index contributed by atoms with van der Waals surface area (Å²) in [7, 11) is 1.65. The fourth-order valence-corrected chi connectivity index (χ4v) is 2.53. The van der Waals surface area contributed by atoms with E-state index in [9.17, 15) is 0 Å². The van der Waals surface area contributed by atoms with Crippen molar-refractivity contribution in [1.29, 1.82) is 0 Å². The predicted molar refractivity (Wildman–Crippen MR) is 77.0 cm³/mol. The van der Waals surface area contributed by atoms with Crippen molar-refractivity contribution in [3.63, 3.8) is 0 Å². The molecule has 0 aliphatic carbocycles. The Balaban J connectivity index is 1.82. The second kappa shape index (κ2) is 6.88. The van der Waals surface area contributed by atoms with Crippen molar-refractivity contribution in [2.75, 3.05) is 26.9 Å². The van der Waals surface area contributed by atoms with Crippen LogP contribution in [0.2, 0.25) is 0 Å². The SMILES string of the molecule is COc1nc2sccn2c1CNCCOCC(C)C. The van der Waals surface area contributed by atoms with Crippen LogP contribution in [-0.2, 0) is 11.3 Å². The third-order valence-electron chi connectivity index (χ3n) is 2.68. The first-order valence-corrected chi connectivity index (χ1v) is 7.37. The summed E-state index contributed by atoms with van der Waals surface area (Å²) in [6, 6.07) is 0. The van der Waals surface area contributed by atoms with E-state index in [1.54, 1.807) is 18.4 Å². The van der Waals surface area contributed by atoms with Crippen molar-refractivity contribution in [3.8, 4) is 5.88 Å². The molecule has 0 atom stereocenters. The molecule has 106 valence electrons. The van der Waals surface area contributed by atoms with Crippen LogP contribution in [-0.4, -0.2) is 36.3 Å². The van der Waals surface area contributed by atoms with Crippen LogP contribution in [0.3, 0.4) is 0 Å². The summed E-state index contributed by atoms with van der Waals surface area (Å²) in [6.45, 7) is 7.40. The molecule has 0 radical (unpaired) electrons. The van der Waals surface area contributed by atoms with Crippen molar-refractivity contribution in [2.24, 2.45) is 5.92 Å². The summed E-state index contributed by atoms with van der Waals surface area (Å²) in [6.07, 6.45) is 2.02. The Morgan fingerprint density at radius 3 is 3.05 bits per heavy atom. The van der Waals surface area contributed by atoms with Gasteiger partial charge in [-0.15, -0.1) is 11.3 Å². The van der Waals surface area contributed by atoms with E-state index in [4.69, 9.17) is 9.47 Å². The van der Waals surface area contributed by atoms with E-state index in [0.29, 0.717) is 11.8 Å². The van der Waals surface area contributed by atoms with Gasteiger partial charge in [-0.05, 0) is 5.92 Å².